The van der Waals surface area contributed by atoms with Crippen molar-refractivity contribution in [2.24, 2.45) is 0 Å². The van der Waals surface area contributed by atoms with E-state index >= 15 is 0 Å². The first-order valence-corrected chi connectivity index (χ1v) is 8.04. The number of carbonyl (C=O) groups is 1. The van der Waals surface area contributed by atoms with Crippen molar-refractivity contribution < 1.29 is 27.8 Å². The minimum Gasteiger partial charge on any atom is -0.497 e. The summed E-state index contributed by atoms with van der Waals surface area (Å²) in [6, 6.07) is 9.43. The van der Waals surface area contributed by atoms with E-state index in [9.17, 15) is 18.0 Å². The van der Waals surface area contributed by atoms with Crippen LogP contribution in [0, 0.1) is 0 Å². The van der Waals surface area contributed by atoms with E-state index in [0.29, 0.717) is 16.7 Å². The van der Waals surface area contributed by atoms with Crippen LogP contribution in [0.3, 0.4) is 0 Å². The van der Waals surface area contributed by atoms with Crippen molar-refractivity contribution in [3.63, 3.8) is 0 Å². The third-order valence-corrected chi connectivity index (χ3v) is 4.65. The fourth-order valence-corrected chi connectivity index (χ4v) is 3.33. The van der Waals surface area contributed by atoms with E-state index in [-0.39, 0.29) is 10.5 Å². The number of ether oxygens (including phenoxy) is 1. The third kappa shape index (κ3) is 4.93. The third-order valence-electron chi connectivity index (χ3n) is 3.10. The second kappa shape index (κ2) is 7.84. The molecule has 0 heterocycles. The number of alkyl halides is 3. The van der Waals surface area contributed by atoms with Crippen LogP contribution in [0.1, 0.15) is 11.1 Å². The van der Waals surface area contributed by atoms with Gasteiger partial charge >= 0.3 is 12.1 Å². The highest BCUT2D eigenvalue weighted by molar-refractivity contribution is 7.99. The molecule has 0 aliphatic carbocycles. The maximum Gasteiger partial charge on any atom is 0.418 e. The van der Waals surface area contributed by atoms with E-state index in [1.54, 1.807) is 24.3 Å². The number of rotatable bonds is 5. The number of carboxylic acids is 1. The van der Waals surface area contributed by atoms with Gasteiger partial charge in [0.2, 0.25) is 0 Å². The van der Waals surface area contributed by atoms with Crippen molar-refractivity contribution >= 4 is 35.4 Å². The van der Waals surface area contributed by atoms with Crippen molar-refractivity contribution in [2.75, 3.05) is 7.11 Å². The Morgan fingerprint density at radius 1 is 1.28 bits per heavy atom. The summed E-state index contributed by atoms with van der Waals surface area (Å²) in [5.41, 5.74) is -1.38. The summed E-state index contributed by atoms with van der Waals surface area (Å²) in [4.78, 5) is 11.4. The molecule has 0 amide bonds. The molecular formula is C17H12ClF3O3S. The molecule has 8 heteroatoms. The monoisotopic (exact) mass is 388 g/mol. The molecule has 0 saturated heterocycles. The molecule has 0 aromatic heterocycles. The van der Waals surface area contributed by atoms with Crippen LogP contribution in [0.25, 0.3) is 6.08 Å². The van der Waals surface area contributed by atoms with Gasteiger partial charge in [-0.3, -0.25) is 0 Å². The van der Waals surface area contributed by atoms with Gasteiger partial charge in [-0.2, -0.15) is 13.2 Å². The Hall–Kier alpha value is -2.12. The first kappa shape index (κ1) is 19.2. The highest BCUT2D eigenvalue weighted by atomic mass is 35.5. The SMILES string of the molecule is COc1cccc(Sc2ccc(/C=C/C(=O)O)c(C(F)(F)F)c2Cl)c1. The van der Waals surface area contributed by atoms with E-state index in [1.807, 2.05) is 0 Å². The Morgan fingerprint density at radius 3 is 2.60 bits per heavy atom. The van der Waals surface area contributed by atoms with Crippen LogP contribution in [0.15, 0.2) is 52.3 Å². The molecule has 25 heavy (non-hydrogen) atoms. The van der Waals surface area contributed by atoms with Crippen LogP contribution < -0.4 is 4.74 Å². The van der Waals surface area contributed by atoms with Crippen LogP contribution >= 0.6 is 23.4 Å². The Morgan fingerprint density at radius 2 is 2.00 bits per heavy atom. The zero-order chi connectivity index (χ0) is 18.6. The number of hydrogen-bond donors (Lipinski definition) is 1. The molecule has 0 spiro atoms. The van der Waals surface area contributed by atoms with E-state index in [4.69, 9.17) is 21.4 Å². The lowest BCUT2D eigenvalue weighted by molar-refractivity contribution is -0.138. The van der Waals surface area contributed by atoms with E-state index in [1.165, 1.54) is 19.2 Å². The molecule has 0 bridgehead atoms. The molecule has 2 aromatic rings. The van der Waals surface area contributed by atoms with Crippen molar-refractivity contribution in [2.45, 2.75) is 16.0 Å². The quantitative estimate of drug-likeness (QED) is 0.675. The number of halogens is 4. The summed E-state index contributed by atoms with van der Waals surface area (Å²) < 4.78 is 45.2. The summed E-state index contributed by atoms with van der Waals surface area (Å²) in [5.74, 6) is -0.780. The topological polar surface area (TPSA) is 46.5 Å². The molecule has 0 unspecified atom stereocenters. The van der Waals surface area contributed by atoms with Crippen molar-refractivity contribution in [1.29, 1.82) is 0 Å². The highest BCUT2D eigenvalue weighted by Crippen LogP contribution is 2.44. The average molecular weight is 389 g/mol. The Labute approximate surface area is 151 Å². The highest BCUT2D eigenvalue weighted by Gasteiger charge is 2.36. The van der Waals surface area contributed by atoms with Gasteiger partial charge in [0.1, 0.15) is 5.75 Å². The van der Waals surface area contributed by atoms with Crippen LogP contribution in [0.5, 0.6) is 5.75 Å². The maximum atomic E-state index is 13.4. The van der Waals surface area contributed by atoms with E-state index < -0.39 is 22.7 Å². The summed E-state index contributed by atoms with van der Waals surface area (Å²) in [6.45, 7) is 0. The van der Waals surface area contributed by atoms with E-state index in [0.717, 1.165) is 17.8 Å². The van der Waals surface area contributed by atoms with Crippen molar-refractivity contribution in [3.8, 4) is 5.75 Å². The van der Waals surface area contributed by atoms with Gasteiger partial charge < -0.3 is 9.84 Å². The first-order valence-electron chi connectivity index (χ1n) is 6.85. The second-order valence-corrected chi connectivity index (χ2v) is 6.29. The van der Waals surface area contributed by atoms with Crippen LogP contribution in [-0.2, 0) is 11.0 Å². The van der Waals surface area contributed by atoms with Gasteiger partial charge in [-0.15, -0.1) is 0 Å². The molecule has 0 aliphatic heterocycles. The number of hydrogen-bond acceptors (Lipinski definition) is 3. The molecule has 0 saturated carbocycles. The molecule has 3 nitrogen and oxygen atoms in total. The largest absolute Gasteiger partial charge is 0.497 e. The number of aliphatic carboxylic acids is 1. The summed E-state index contributed by atoms with van der Waals surface area (Å²) in [5, 5.41) is 8.14. The van der Waals surface area contributed by atoms with Crippen molar-refractivity contribution in [3.05, 3.63) is 58.6 Å². The molecule has 2 rings (SSSR count). The molecule has 2 aromatic carbocycles. The Balaban J connectivity index is 2.48. The standard InChI is InChI=1S/C17H12ClF3O3S/c1-24-11-3-2-4-12(9-11)25-13-7-5-10(6-8-14(22)23)15(16(13)18)17(19,20)21/h2-9H,1H3,(H,22,23)/b8-6+. The van der Waals surface area contributed by atoms with Crippen LogP contribution in [0.4, 0.5) is 13.2 Å². The minimum atomic E-state index is -4.72. The number of methoxy groups -OCH3 is 1. The Kier molecular flexibility index (Phi) is 6.02. The fourth-order valence-electron chi connectivity index (χ4n) is 2.03. The predicted octanol–water partition coefficient (Wildman–Crippen LogP) is 5.62. The maximum absolute atomic E-state index is 13.4. The zero-order valence-electron chi connectivity index (χ0n) is 12.8. The normalized spacial score (nSPS) is 11.7. The molecular weight excluding hydrogens is 377 g/mol. The van der Waals surface area contributed by atoms with Crippen LogP contribution in [-0.4, -0.2) is 18.2 Å². The smallest absolute Gasteiger partial charge is 0.418 e. The molecule has 1 N–H and O–H groups in total. The molecule has 132 valence electrons. The first-order chi connectivity index (χ1) is 11.7. The predicted molar refractivity (Wildman–Crippen MR) is 90.2 cm³/mol. The van der Waals surface area contributed by atoms with Gasteiger partial charge in [0, 0.05) is 15.9 Å². The zero-order valence-corrected chi connectivity index (χ0v) is 14.4. The lowest BCUT2D eigenvalue weighted by Gasteiger charge is -2.15. The summed E-state index contributed by atoms with van der Waals surface area (Å²) >= 11 is 7.04. The van der Waals surface area contributed by atoms with E-state index in [2.05, 4.69) is 0 Å². The fraction of sp³-hybridized carbons (Fsp3) is 0.118. The average Bonchev–Trinajstić information content (AvgIpc) is 2.54. The minimum absolute atomic E-state index is 0.203. The summed E-state index contributed by atoms with van der Waals surface area (Å²) in [6.07, 6.45) is -3.22. The number of carboxylic acid groups (broad SMARTS) is 1. The van der Waals surface area contributed by atoms with Crippen molar-refractivity contribution in [1.82, 2.24) is 0 Å². The number of benzene rings is 2. The van der Waals surface area contributed by atoms with Gasteiger partial charge in [-0.1, -0.05) is 35.5 Å². The Bertz CT molecular complexity index is 819. The van der Waals surface area contributed by atoms with Gasteiger partial charge in [-0.25, -0.2) is 4.79 Å². The lowest BCUT2D eigenvalue weighted by atomic mass is 10.1. The van der Waals surface area contributed by atoms with Crippen LogP contribution in [0.2, 0.25) is 5.02 Å². The molecule has 0 atom stereocenters. The second-order valence-electron chi connectivity index (χ2n) is 4.79. The van der Waals surface area contributed by atoms with Gasteiger partial charge in [0.05, 0.1) is 17.7 Å². The lowest BCUT2D eigenvalue weighted by Crippen LogP contribution is -2.09. The molecule has 0 radical (unpaired) electrons. The van der Waals surface area contributed by atoms with Gasteiger partial charge in [0.15, 0.2) is 0 Å². The van der Waals surface area contributed by atoms with Gasteiger partial charge in [0.25, 0.3) is 0 Å². The van der Waals surface area contributed by atoms with Gasteiger partial charge in [-0.05, 0) is 35.9 Å². The molecule has 0 fully saturated rings. The summed E-state index contributed by atoms with van der Waals surface area (Å²) in [7, 11) is 1.49. The molecule has 0 aliphatic rings.